The highest BCUT2D eigenvalue weighted by Crippen LogP contribution is 2.44. The van der Waals surface area contributed by atoms with Crippen LogP contribution in [0.5, 0.6) is 11.5 Å². The van der Waals surface area contributed by atoms with E-state index < -0.39 is 23.7 Å². The smallest absolute Gasteiger partial charge is 0.350 e. The number of rotatable bonds is 11. The summed E-state index contributed by atoms with van der Waals surface area (Å²) in [6.07, 6.45) is 1.92. The van der Waals surface area contributed by atoms with Gasteiger partial charge in [0.2, 0.25) is 0 Å². The number of hydrogen-bond acceptors (Lipinski definition) is 9. The second kappa shape index (κ2) is 13.0. The van der Waals surface area contributed by atoms with Crippen molar-refractivity contribution in [3.63, 3.8) is 0 Å². The third-order valence-corrected chi connectivity index (χ3v) is 7.61. The summed E-state index contributed by atoms with van der Waals surface area (Å²) in [7, 11) is 1.51. The van der Waals surface area contributed by atoms with E-state index in [1.54, 1.807) is 55.5 Å². The van der Waals surface area contributed by atoms with Crippen LogP contribution in [0, 0.1) is 12.8 Å². The van der Waals surface area contributed by atoms with Gasteiger partial charge < -0.3 is 19.3 Å². The number of ketones is 1. The average Bonchev–Trinajstić information content (AvgIpc) is 3.48. The van der Waals surface area contributed by atoms with Gasteiger partial charge in [0.1, 0.15) is 22.1 Å². The van der Waals surface area contributed by atoms with Crippen LogP contribution in [-0.4, -0.2) is 48.1 Å². The molecule has 0 bridgehead atoms. The Bertz CT molecular complexity index is 1460. The van der Waals surface area contributed by atoms with Crippen molar-refractivity contribution in [1.82, 2.24) is 4.98 Å². The largest absolute Gasteiger partial charge is 0.507 e. The number of amides is 1. The van der Waals surface area contributed by atoms with E-state index in [9.17, 15) is 19.5 Å². The van der Waals surface area contributed by atoms with Gasteiger partial charge in [-0.1, -0.05) is 50.7 Å². The van der Waals surface area contributed by atoms with Crippen molar-refractivity contribution in [2.75, 3.05) is 25.2 Å². The Labute approximate surface area is 243 Å². The summed E-state index contributed by atoms with van der Waals surface area (Å²) in [5, 5.41) is 11.6. The highest BCUT2D eigenvalue weighted by molar-refractivity contribution is 7.17. The van der Waals surface area contributed by atoms with Crippen LogP contribution in [0.25, 0.3) is 5.76 Å². The summed E-state index contributed by atoms with van der Waals surface area (Å²) >= 11 is 0.967. The van der Waals surface area contributed by atoms with E-state index in [0.717, 1.165) is 24.2 Å². The summed E-state index contributed by atoms with van der Waals surface area (Å²) in [6.45, 7) is 8.39. The summed E-state index contributed by atoms with van der Waals surface area (Å²) in [6, 6.07) is 12.6. The van der Waals surface area contributed by atoms with Gasteiger partial charge >= 0.3 is 11.9 Å². The third-order valence-electron chi connectivity index (χ3n) is 6.47. The van der Waals surface area contributed by atoms with Crippen LogP contribution in [0.1, 0.15) is 66.1 Å². The van der Waals surface area contributed by atoms with Gasteiger partial charge in [-0.25, -0.2) is 9.78 Å². The molecule has 1 aliphatic rings. The zero-order valence-corrected chi connectivity index (χ0v) is 24.6. The topological polar surface area (TPSA) is 115 Å². The molecule has 9 nitrogen and oxygen atoms in total. The van der Waals surface area contributed by atoms with Crippen LogP contribution in [0.2, 0.25) is 0 Å². The van der Waals surface area contributed by atoms with Gasteiger partial charge in [-0.3, -0.25) is 14.5 Å². The predicted octanol–water partition coefficient (Wildman–Crippen LogP) is 6.08. The number of aromatic nitrogens is 1. The summed E-state index contributed by atoms with van der Waals surface area (Å²) in [5.41, 5.74) is 1.16. The van der Waals surface area contributed by atoms with E-state index >= 15 is 0 Å². The molecule has 1 aromatic heterocycles. The minimum Gasteiger partial charge on any atom is -0.507 e. The molecule has 1 aliphatic heterocycles. The number of hydrogen-bond donors (Lipinski definition) is 1. The number of anilines is 1. The van der Waals surface area contributed by atoms with E-state index in [1.165, 1.54) is 12.0 Å². The number of carbonyl (C=O) groups excluding carboxylic acids is 3. The Balaban J connectivity index is 1.79. The number of carbonyl (C=O) groups is 3. The molecule has 1 amide bonds. The molecule has 0 unspecified atom stereocenters. The second-order valence-corrected chi connectivity index (χ2v) is 11.1. The lowest BCUT2D eigenvalue weighted by molar-refractivity contribution is -0.132. The van der Waals surface area contributed by atoms with E-state index in [-0.39, 0.29) is 33.9 Å². The fraction of sp³-hybridized carbons (Fsp3) is 0.355. The zero-order valence-electron chi connectivity index (χ0n) is 23.8. The molecule has 0 radical (unpaired) electrons. The van der Waals surface area contributed by atoms with Crippen LogP contribution in [-0.2, 0) is 14.3 Å². The zero-order chi connectivity index (χ0) is 29.7. The van der Waals surface area contributed by atoms with Gasteiger partial charge in [0.05, 0.1) is 37.6 Å². The molecule has 41 heavy (non-hydrogen) atoms. The molecule has 4 rings (SSSR count). The summed E-state index contributed by atoms with van der Waals surface area (Å²) < 4.78 is 16.5. The van der Waals surface area contributed by atoms with Crippen molar-refractivity contribution in [2.45, 2.75) is 46.6 Å². The fourth-order valence-electron chi connectivity index (χ4n) is 4.34. The molecular formula is C31H34N2O7S. The summed E-state index contributed by atoms with van der Waals surface area (Å²) in [4.78, 5) is 45.7. The van der Waals surface area contributed by atoms with Crippen LogP contribution in [0.3, 0.4) is 0 Å². The fourth-order valence-corrected chi connectivity index (χ4v) is 5.33. The number of nitrogens with zero attached hydrogens (tertiary/aromatic N) is 2. The number of esters is 1. The van der Waals surface area contributed by atoms with E-state index in [2.05, 4.69) is 11.9 Å². The minimum atomic E-state index is -1.02. The van der Waals surface area contributed by atoms with Crippen LogP contribution in [0.4, 0.5) is 5.13 Å². The lowest BCUT2D eigenvalue weighted by atomic mass is 9.95. The number of thiazole rings is 1. The Hall–Kier alpha value is -4.18. The normalized spacial score (nSPS) is 16.3. The molecule has 2 aromatic carbocycles. The van der Waals surface area contributed by atoms with Crippen molar-refractivity contribution in [3.8, 4) is 11.5 Å². The highest BCUT2D eigenvalue weighted by atomic mass is 32.1. The van der Waals surface area contributed by atoms with Crippen LogP contribution < -0.4 is 14.4 Å². The van der Waals surface area contributed by atoms with Gasteiger partial charge in [0, 0.05) is 5.56 Å². The molecule has 3 aromatic rings. The quantitative estimate of drug-likeness (QED) is 0.0957. The number of Topliss-reactive ketones (excluding diaryl/α,β-unsaturated/α-hetero) is 1. The van der Waals surface area contributed by atoms with Crippen molar-refractivity contribution in [3.05, 3.63) is 75.8 Å². The van der Waals surface area contributed by atoms with Gasteiger partial charge in [-0.05, 0) is 61.2 Å². The molecule has 0 spiro atoms. The Morgan fingerprint density at radius 1 is 1.12 bits per heavy atom. The van der Waals surface area contributed by atoms with Crippen LogP contribution >= 0.6 is 11.3 Å². The molecule has 1 N–H and O–H groups in total. The first kappa shape index (κ1) is 29.8. The Morgan fingerprint density at radius 3 is 2.51 bits per heavy atom. The number of ether oxygens (including phenoxy) is 3. The molecule has 0 saturated carbocycles. The van der Waals surface area contributed by atoms with Gasteiger partial charge in [0.15, 0.2) is 5.13 Å². The van der Waals surface area contributed by atoms with Gasteiger partial charge in [-0.2, -0.15) is 0 Å². The number of unbranched alkanes of at least 4 members (excludes halogenated alkanes) is 1. The molecule has 10 heteroatoms. The first-order valence-corrected chi connectivity index (χ1v) is 14.3. The Kier molecular flexibility index (Phi) is 9.44. The molecule has 1 atom stereocenters. The standard InChI is InChI=1S/C31H34N2O7S/c1-6-7-15-39-22-13-11-20(12-14-22)26(34)24-25(21-9-8-10-23(16-21)38-5)33(29(36)27(24)35)31-32-19(4)28(41-31)30(37)40-17-18(2)3/h8-14,16,18,25,34H,6-7,15,17H2,1-5H3/t25-/m0/s1. The first-order chi connectivity index (χ1) is 19.7. The maximum atomic E-state index is 13.5. The third kappa shape index (κ3) is 6.43. The molecular weight excluding hydrogens is 544 g/mol. The lowest BCUT2D eigenvalue weighted by Crippen LogP contribution is -2.29. The molecule has 1 fully saturated rings. The SMILES string of the molecule is CCCCOc1ccc(C(O)=C2C(=O)C(=O)N(c3nc(C)c(C(=O)OCC(C)C)s3)[C@H]2c2cccc(OC)c2)cc1. The number of aryl methyl sites for hydroxylation is 1. The van der Waals surface area contributed by atoms with Crippen molar-refractivity contribution < 1.29 is 33.7 Å². The predicted molar refractivity (Wildman–Crippen MR) is 157 cm³/mol. The lowest BCUT2D eigenvalue weighted by Gasteiger charge is -2.23. The Morgan fingerprint density at radius 2 is 1.85 bits per heavy atom. The molecule has 1 saturated heterocycles. The first-order valence-electron chi connectivity index (χ1n) is 13.5. The van der Waals surface area contributed by atoms with Gasteiger partial charge in [0.25, 0.3) is 5.78 Å². The maximum absolute atomic E-state index is 13.5. The van der Waals surface area contributed by atoms with E-state index in [1.807, 2.05) is 13.8 Å². The summed E-state index contributed by atoms with van der Waals surface area (Å²) in [5.74, 6) is -1.32. The number of methoxy groups -OCH3 is 1. The number of aliphatic hydroxyl groups is 1. The molecule has 216 valence electrons. The maximum Gasteiger partial charge on any atom is 0.350 e. The minimum absolute atomic E-state index is 0.0975. The second-order valence-electron chi connectivity index (χ2n) is 10.1. The van der Waals surface area contributed by atoms with E-state index in [0.29, 0.717) is 34.9 Å². The van der Waals surface area contributed by atoms with Crippen molar-refractivity contribution in [2.24, 2.45) is 5.92 Å². The van der Waals surface area contributed by atoms with Gasteiger partial charge in [-0.15, -0.1) is 0 Å². The van der Waals surface area contributed by atoms with Crippen molar-refractivity contribution >= 4 is 39.9 Å². The average molecular weight is 579 g/mol. The number of aliphatic hydroxyl groups excluding tert-OH is 1. The van der Waals surface area contributed by atoms with Crippen molar-refractivity contribution in [1.29, 1.82) is 0 Å². The number of benzene rings is 2. The van der Waals surface area contributed by atoms with Crippen LogP contribution in [0.15, 0.2) is 54.1 Å². The monoisotopic (exact) mass is 578 g/mol. The highest BCUT2D eigenvalue weighted by Gasteiger charge is 2.48. The van der Waals surface area contributed by atoms with E-state index in [4.69, 9.17) is 14.2 Å². The molecule has 2 heterocycles. The molecule has 0 aliphatic carbocycles.